The lowest BCUT2D eigenvalue weighted by Gasteiger charge is -2.35. The number of carbonyl (C=O) groups is 2. The molecule has 5 rings (SSSR count). The number of phenols is 1. The third-order valence-electron chi connectivity index (χ3n) is 8.73. The number of piperidine rings is 1. The average molecular weight is 629 g/mol. The molecule has 46 heavy (non-hydrogen) atoms. The number of aromatic nitrogens is 2. The van der Waals surface area contributed by atoms with Crippen molar-refractivity contribution in [3.05, 3.63) is 71.5 Å². The number of aromatic hydroxyl groups is 1. The molecule has 2 fully saturated rings. The SMILES string of the molecule is CCOC(=O)CC(c1ccnc(OCC2CCN(c3cc(O)ccc3C(=O)N(CC(C)(C)C)c3cccc(C)n3)CC2)c1)C1CC1. The molecule has 2 aliphatic rings. The minimum atomic E-state index is -0.157. The summed E-state index contributed by atoms with van der Waals surface area (Å²) in [6.45, 7) is 13.0. The number of ether oxygens (including phenoxy) is 2. The fourth-order valence-corrected chi connectivity index (χ4v) is 6.25. The first-order valence-electron chi connectivity index (χ1n) is 16.6. The van der Waals surface area contributed by atoms with Gasteiger partial charge >= 0.3 is 5.97 Å². The average Bonchev–Trinajstić information content (AvgIpc) is 3.87. The van der Waals surface area contributed by atoms with Gasteiger partial charge in [-0.1, -0.05) is 26.8 Å². The Bertz CT molecular complexity index is 1510. The second kappa shape index (κ2) is 14.5. The lowest BCUT2D eigenvalue weighted by molar-refractivity contribution is -0.143. The van der Waals surface area contributed by atoms with E-state index in [0.717, 1.165) is 55.7 Å². The lowest BCUT2D eigenvalue weighted by Crippen LogP contribution is -2.40. The van der Waals surface area contributed by atoms with Crippen molar-refractivity contribution in [2.75, 3.05) is 42.6 Å². The van der Waals surface area contributed by atoms with Crippen LogP contribution in [0.5, 0.6) is 11.6 Å². The van der Waals surface area contributed by atoms with Crippen LogP contribution in [-0.4, -0.2) is 59.8 Å². The first-order valence-corrected chi connectivity index (χ1v) is 16.6. The summed E-state index contributed by atoms with van der Waals surface area (Å²) in [7, 11) is 0. The van der Waals surface area contributed by atoms with Crippen molar-refractivity contribution in [3.8, 4) is 11.6 Å². The summed E-state index contributed by atoms with van der Waals surface area (Å²) in [5, 5.41) is 10.4. The predicted molar refractivity (Wildman–Crippen MR) is 180 cm³/mol. The number of phenolic OH excluding ortho intramolecular Hbond substituents is 1. The van der Waals surface area contributed by atoms with Crippen LogP contribution in [0.2, 0.25) is 0 Å². The van der Waals surface area contributed by atoms with Gasteiger partial charge in [0.25, 0.3) is 5.91 Å². The number of aryl methyl sites for hydroxylation is 1. The van der Waals surface area contributed by atoms with Crippen molar-refractivity contribution in [3.63, 3.8) is 0 Å². The molecule has 1 amide bonds. The van der Waals surface area contributed by atoms with Crippen LogP contribution in [0.25, 0.3) is 0 Å². The highest BCUT2D eigenvalue weighted by Gasteiger charge is 2.35. The molecule has 1 N–H and O–H groups in total. The summed E-state index contributed by atoms with van der Waals surface area (Å²) in [4.78, 5) is 39.5. The number of anilines is 2. The third-order valence-corrected chi connectivity index (χ3v) is 8.73. The second-order valence-corrected chi connectivity index (χ2v) is 13.9. The Morgan fingerprint density at radius 2 is 1.83 bits per heavy atom. The first-order chi connectivity index (χ1) is 22.0. The van der Waals surface area contributed by atoms with E-state index in [4.69, 9.17) is 9.47 Å². The number of benzene rings is 1. The Labute approximate surface area is 273 Å². The van der Waals surface area contributed by atoms with Gasteiger partial charge < -0.3 is 19.5 Å². The molecule has 0 bridgehead atoms. The maximum absolute atomic E-state index is 14.2. The zero-order chi connectivity index (χ0) is 32.8. The minimum absolute atomic E-state index is 0.131. The van der Waals surface area contributed by atoms with E-state index in [9.17, 15) is 14.7 Å². The minimum Gasteiger partial charge on any atom is -0.508 e. The molecule has 1 aromatic carbocycles. The zero-order valence-corrected chi connectivity index (χ0v) is 27.9. The number of carbonyl (C=O) groups excluding carboxylic acids is 2. The molecule has 0 spiro atoms. The normalized spacial score (nSPS) is 16.2. The van der Waals surface area contributed by atoms with Gasteiger partial charge in [0, 0.05) is 43.7 Å². The van der Waals surface area contributed by atoms with Crippen LogP contribution in [0.4, 0.5) is 11.5 Å². The maximum atomic E-state index is 14.2. The van der Waals surface area contributed by atoms with E-state index in [-0.39, 0.29) is 29.0 Å². The predicted octanol–water partition coefficient (Wildman–Crippen LogP) is 6.93. The van der Waals surface area contributed by atoms with Gasteiger partial charge in [0.2, 0.25) is 5.88 Å². The van der Waals surface area contributed by atoms with Crippen molar-refractivity contribution in [1.82, 2.24) is 9.97 Å². The van der Waals surface area contributed by atoms with Gasteiger partial charge in [-0.15, -0.1) is 0 Å². The molecule has 9 nitrogen and oxygen atoms in total. The third kappa shape index (κ3) is 8.77. The van der Waals surface area contributed by atoms with Crippen LogP contribution in [0, 0.1) is 24.2 Å². The van der Waals surface area contributed by atoms with Crippen LogP contribution in [-0.2, 0) is 9.53 Å². The molecule has 9 heteroatoms. The molecule has 0 radical (unpaired) electrons. The van der Waals surface area contributed by atoms with Gasteiger partial charge in [0.15, 0.2) is 0 Å². The van der Waals surface area contributed by atoms with Gasteiger partial charge in [-0.05, 0) is 98.6 Å². The molecule has 1 unspecified atom stereocenters. The fourth-order valence-electron chi connectivity index (χ4n) is 6.25. The summed E-state index contributed by atoms with van der Waals surface area (Å²) in [5.74, 6) is 2.01. The highest BCUT2D eigenvalue weighted by Crippen LogP contribution is 2.45. The first kappa shape index (κ1) is 33.2. The molecule has 1 aliphatic carbocycles. The van der Waals surface area contributed by atoms with Crippen LogP contribution >= 0.6 is 0 Å². The van der Waals surface area contributed by atoms with E-state index >= 15 is 0 Å². The van der Waals surface area contributed by atoms with Crippen molar-refractivity contribution >= 4 is 23.4 Å². The number of pyridine rings is 2. The summed E-state index contributed by atoms with van der Waals surface area (Å²) in [5.41, 5.74) is 3.07. The summed E-state index contributed by atoms with van der Waals surface area (Å²) in [6, 6.07) is 14.7. The molecule has 1 aliphatic heterocycles. The van der Waals surface area contributed by atoms with Gasteiger partial charge in [0.1, 0.15) is 11.6 Å². The summed E-state index contributed by atoms with van der Waals surface area (Å²) in [6.07, 6.45) is 6.17. The van der Waals surface area contributed by atoms with Crippen molar-refractivity contribution in [2.24, 2.45) is 17.3 Å². The van der Waals surface area contributed by atoms with Crippen molar-refractivity contribution in [1.29, 1.82) is 0 Å². The van der Waals surface area contributed by atoms with E-state index in [0.29, 0.717) is 55.3 Å². The molecule has 3 heterocycles. The molecule has 246 valence electrons. The van der Waals surface area contributed by atoms with Gasteiger partial charge in [0.05, 0.1) is 30.9 Å². The quantitative estimate of drug-likeness (QED) is 0.216. The van der Waals surface area contributed by atoms with Crippen molar-refractivity contribution in [2.45, 2.75) is 72.6 Å². The summed E-state index contributed by atoms with van der Waals surface area (Å²) < 4.78 is 11.4. The Kier molecular flexibility index (Phi) is 10.5. The Hall–Kier alpha value is -4.14. The smallest absolute Gasteiger partial charge is 0.306 e. The number of amides is 1. The van der Waals surface area contributed by atoms with E-state index in [1.54, 1.807) is 29.3 Å². The molecule has 2 aromatic heterocycles. The monoisotopic (exact) mass is 628 g/mol. The molecule has 1 saturated heterocycles. The van der Waals surface area contributed by atoms with E-state index < -0.39 is 0 Å². The van der Waals surface area contributed by atoms with E-state index in [2.05, 4.69) is 35.6 Å². The summed E-state index contributed by atoms with van der Waals surface area (Å²) >= 11 is 0. The lowest BCUT2D eigenvalue weighted by atomic mass is 9.92. The number of esters is 1. The van der Waals surface area contributed by atoms with E-state index in [1.165, 1.54) is 0 Å². The van der Waals surface area contributed by atoms with Gasteiger partial charge in [-0.25, -0.2) is 9.97 Å². The zero-order valence-electron chi connectivity index (χ0n) is 27.9. The number of hydrogen-bond acceptors (Lipinski definition) is 8. The fraction of sp³-hybridized carbons (Fsp3) is 0.514. The van der Waals surface area contributed by atoms with Crippen LogP contribution < -0.4 is 14.5 Å². The largest absolute Gasteiger partial charge is 0.508 e. The van der Waals surface area contributed by atoms with Crippen LogP contribution in [0.1, 0.15) is 87.3 Å². The highest BCUT2D eigenvalue weighted by molar-refractivity contribution is 6.09. The molecular formula is C37H48N4O5. The molecule has 1 saturated carbocycles. The standard InChI is InChI=1S/C37H48N4O5/c1-6-45-35(43)22-31(27-10-11-27)28-14-17-38-34(20-28)46-23-26-15-18-40(19-16-26)32-21-29(42)12-13-30(32)36(44)41(24-37(3,4)5)33-9-7-8-25(2)39-33/h7-9,12-14,17,20-21,26-27,31,42H,6,10-11,15-16,18-19,22-24H2,1-5H3. The van der Waals surface area contributed by atoms with Crippen LogP contribution in [0.3, 0.4) is 0 Å². The second-order valence-electron chi connectivity index (χ2n) is 13.9. The number of rotatable bonds is 12. The highest BCUT2D eigenvalue weighted by atomic mass is 16.5. The molecular weight excluding hydrogens is 580 g/mol. The Morgan fingerprint density at radius 3 is 2.50 bits per heavy atom. The van der Waals surface area contributed by atoms with Crippen LogP contribution in [0.15, 0.2) is 54.7 Å². The van der Waals surface area contributed by atoms with E-state index in [1.807, 2.05) is 44.2 Å². The van der Waals surface area contributed by atoms with Gasteiger partial charge in [-0.2, -0.15) is 0 Å². The number of nitrogens with zero attached hydrogens (tertiary/aromatic N) is 4. The topological polar surface area (TPSA) is 105 Å². The Balaban J connectivity index is 1.24. The Morgan fingerprint density at radius 1 is 1.07 bits per heavy atom. The number of hydrogen-bond donors (Lipinski definition) is 1. The van der Waals surface area contributed by atoms with Gasteiger partial charge in [-0.3, -0.25) is 14.5 Å². The molecule has 1 atom stereocenters. The van der Waals surface area contributed by atoms with Crippen molar-refractivity contribution < 1.29 is 24.2 Å². The maximum Gasteiger partial charge on any atom is 0.306 e. The molecule has 3 aromatic rings.